The van der Waals surface area contributed by atoms with E-state index in [0.29, 0.717) is 11.1 Å². The SMILES string of the molecule is CC1(C)O[C@H]2[C@H](OC(=O)c3ccccc3)O[C@H](COC(=O)c3ccccc3)[C@H]2O1. The Kier molecular flexibility index (Phi) is 5.36. The average molecular weight is 398 g/mol. The number of ether oxygens (including phenoxy) is 5. The van der Waals surface area contributed by atoms with Gasteiger partial charge in [0.05, 0.1) is 11.1 Å². The first-order valence-electron chi connectivity index (χ1n) is 9.42. The van der Waals surface area contributed by atoms with Crippen LogP contribution in [-0.2, 0) is 23.7 Å². The Balaban J connectivity index is 1.43. The van der Waals surface area contributed by atoms with Crippen LogP contribution in [-0.4, -0.2) is 48.9 Å². The van der Waals surface area contributed by atoms with E-state index in [1.54, 1.807) is 62.4 Å². The van der Waals surface area contributed by atoms with E-state index in [-0.39, 0.29) is 6.61 Å². The van der Waals surface area contributed by atoms with Gasteiger partial charge < -0.3 is 23.7 Å². The van der Waals surface area contributed by atoms with Crippen LogP contribution >= 0.6 is 0 Å². The highest BCUT2D eigenvalue weighted by Gasteiger charge is 2.57. The summed E-state index contributed by atoms with van der Waals surface area (Å²) in [5.74, 6) is -1.85. The molecule has 29 heavy (non-hydrogen) atoms. The minimum absolute atomic E-state index is 0.0479. The van der Waals surface area contributed by atoms with Gasteiger partial charge in [0.1, 0.15) is 18.8 Å². The van der Waals surface area contributed by atoms with Crippen LogP contribution in [0.3, 0.4) is 0 Å². The van der Waals surface area contributed by atoms with E-state index in [4.69, 9.17) is 23.7 Å². The van der Waals surface area contributed by atoms with Crippen LogP contribution in [0.4, 0.5) is 0 Å². The lowest BCUT2D eigenvalue weighted by molar-refractivity contribution is -0.223. The minimum Gasteiger partial charge on any atom is -0.459 e. The van der Waals surface area contributed by atoms with Crippen molar-refractivity contribution in [2.75, 3.05) is 6.61 Å². The number of carbonyl (C=O) groups is 2. The van der Waals surface area contributed by atoms with E-state index < -0.39 is 42.3 Å². The normalized spacial score (nSPS) is 27.2. The molecule has 0 aliphatic carbocycles. The van der Waals surface area contributed by atoms with Gasteiger partial charge in [-0.3, -0.25) is 0 Å². The lowest BCUT2D eigenvalue weighted by atomic mass is 10.1. The monoisotopic (exact) mass is 398 g/mol. The van der Waals surface area contributed by atoms with Gasteiger partial charge in [-0.15, -0.1) is 0 Å². The molecular formula is C22H22O7. The summed E-state index contributed by atoms with van der Waals surface area (Å²) < 4.78 is 28.5. The molecule has 0 saturated carbocycles. The largest absolute Gasteiger partial charge is 0.459 e. The van der Waals surface area contributed by atoms with E-state index in [9.17, 15) is 9.59 Å². The fourth-order valence-electron chi connectivity index (χ4n) is 3.43. The zero-order chi connectivity index (χ0) is 20.4. The summed E-state index contributed by atoms with van der Waals surface area (Å²) in [5, 5.41) is 0. The van der Waals surface area contributed by atoms with Crippen LogP contribution in [0.1, 0.15) is 34.6 Å². The van der Waals surface area contributed by atoms with Crippen molar-refractivity contribution in [3.63, 3.8) is 0 Å². The van der Waals surface area contributed by atoms with Crippen LogP contribution < -0.4 is 0 Å². The molecule has 0 unspecified atom stereocenters. The lowest BCUT2D eigenvalue weighted by Gasteiger charge is -2.24. The Morgan fingerprint density at radius 1 is 0.862 bits per heavy atom. The standard InChI is InChI=1S/C22H22O7/c1-22(2)28-17-16(13-25-19(23)14-9-5-3-6-10-14)26-21(18(17)29-22)27-20(24)15-11-7-4-8-12-15/h3-12,16-18,21H,13H2,1-2H3/t16-,17-,18-,21+/m1/s1. The molecule has 2 aromatic rings. The number of rotatable bonds is 5. The second-order valence-electron chi connectivity index (χ2n) is 7.34. The summed E-state index contributed by atoms with van der Waals surface area (Å²) in [6, 6.07) is 17.3. The Bertz CT molecular complexity index is 865. The van der Waals surface area contributed by atoms with Gasteiger partial charge in [0.25, 0.3) is 0 Å². The van der Waals surface area contributed by atoms with Crippen molar-refractivity contribution < 1.29 is 33.3 Å². The molecule has 0 N–H and O–H groups in total. The van der Waals surface area contributed by atoms with E-state index in [1.807, 2.05) is 12.1 Å². The first-order valence-corrected chi connectivity index (χ1v) is 9.42. The summed E-state index contributed by atoms with van der Waals surface area (Å²) in [6.07, 6.45) is -2.72. The molecule has 0 aromatic heterocycles. The molecule has 2 aromatic carbocycles. The molecule has 2 aliphatic rings. The summed E-state index contributed by atoms with van der Waals surface area (Å²) in [5.41, 5.74) is 0.850. The van der Waals surface area contributed by atoms with Gasteiger partial charge in [-0.05, 0) is 38.1 Å². The molecule has 0 bridgehead atoms. The summed E-state index contributed by atoms with van der Waals surface area (Å²) in [6.45, 7) is 3.50. The van der Waals surface area contributed by atoms with Crippen LogP contribution in [0.25, 0.3) is 0 Å². The molecule has 7 nitrogen and oxygen atoms in total. The Hall–Kier alpha value is -2.74. The smallest absolute Gasteiger partial charge is 0.340 e. The molecule has 0 spiro atoms. The molecule has 2 fully saturated rings. The number of hydrogen-bond donors (Lipinski definition) is 0. The van der Waals surface area contributed by atoms with Crippen molar-refractivity contribution in [1.29, 1.82) is 0 Å². The van der Waals surface area contributed by atoms with Crippen molar-refractivity contribution in [2.45, 2.75) is 44.2 Å². The molecule has 0 amide bonds. The highest BCUT2D eigenvalue weighted by atomic mass is 16.8. The van der Waals surface area contributed by atoms with Crippen molar-refractivity contribution in [3.05, 3.63) is 71.8 Å². The molecule has 2 saturated heterocycles. The second-order valence-corrected chi connectivity index (χ2v) is 7.34. The number of carbonyl (C=O) groups excluding carboxylic acids is 2. The predicted octanol–water partition coefficient (Wildman–Crippen LogP) is 2.95. The third kappa shape index (κ3) is 4.32. The van der Waals surface area contributed by atoms with Crippen molar-refractivity contribution in [3.8, 4) is 0 Å². The Morgan fingerprint density at radius 2 is 1.41 bits per heavy atom. The predicted molar refractivity (Wildman–Crippen MR) is 101 cm³/mol. The van der Waals surface area contributed by atoms with Crippen molar-refractivity contribution >= 4 is 11.9 Å². The van der Waals surface area contributed by atoms with Crippen LogP contribution in [0.2, 0.25) is 0 Å². The number of hydrogen-bond acceptors (Lipinski definition) is 7. The van der Waals surface area contributed by atoms with Gasteiger partial charge in [-0.25, -0.2) is 9.59 Å². The van der Waals surface area contributed by atoms with E-state index in [1.165, 1.54) is 0 Å². The fraction of sp³-hybridized carbons (Fsp3) is 0.364. The molecule has 2 aliphatic heterocycles. The zero-order valence-electron chi connectivity index (χ0n) is 16.1. The van der Waals surface area contributed by atoms with Gasteiger partial charge in [-0.1, -0.05) is 36.4 Å². The van der Waals surface area contributed by atoms with Gasteiger partial charge in [0, 0.05) is 0 Å². The maximum atomic E-state index is 12.4. The van der Waals surface area contributed by atoms with E-state index >= 15 is 0 Å². The summed E-state index contributed by atoms with van der Waals surface area (Å²) in [4.78, 5) is 24.7. The number of benzene rings is 2. The van der Waals surface area contributed by atoms with Crippen LogP contribution in [0.15, 0.2) is 60.7 Å². The molecule has 2 heterocycles. The van der Waals surface area contributed by atoms with Gasteiger partial charge >= 0.3 is 11.9 Å². The first-order chi connectivity index (χ1) is 13.9. The highest BCUT2D eigenvalue weighted by molar-refractivity contribution is 5.89. The Labute approximate surface area is 168 Å². The van der Waals surface area contributed by atoms with E-state index in [0.717, 1.165) is 0 Å². The molecule has 4 atom stereocenters. The van der Waals surface area contributed by atoms with Crippen LogP contribution in [0, 0.1) is 0 Å². The van der Waals surface area contributed by atoms with Crippen molar-refractivity contribution in [2.24, 2.45) is 0 Å². The lowest BCUT2D eigenvalue weighted by Crippen LogP contribution is -2.33. The average Bonchev–Trinajstić information content (AvgIpc) is 3.21. The molecular weight excluding hydrogens is 376 g/mol. The molecule has 4 rings (SSSR count). The number of fused-ring (bicyclic) bond motifs is 1. The molecule has 7 heteroatoms. The van der Waals surface area contributed by atoms with Gasteiger partial charge in [-0.2, -0.15) is 0 Å². The van der Waals surface area contributed by atoms with Crippen LogP contribution in [0.5, 0.6) is 0 Å². The van der Waals surface area contributed by atoms with Crippen molar-refractivity contribution in [1.82, 2.24) is 0 Å². The highest BCUT2D eigenvalue weighted by Crippen LogP contribution is 2.39. The Morgan fingerprint density at radius 3 is 2.03 bits per heavy atom. The maximum Gasteiger partial charge on any atom is 0.340 e. The zero-order valence-corrected chi connectivity index (χ0v) is 16.1. The molecule has 152 valence electrons. The van der Waals surface area contributed by atoms with Gasteiger partial charge in [0.2, 0.25) is 6.29 Å². The molecule has 0 radical (unpaired) electrons. The first kappa shape index (κ1) is 19.6. The van der Waals surface area contributed by atoms with Gasteiger partial charge in [0.15, 0.2) is 11.9 Å². The minimum atomic E-state index is -0.963. The second kappa shape index (κ2) is 7.94. The quantitative estimate of drug-likeness (QED) is 0.717. The third-order valence-corrected chi connectivity index (χ3v) is 4.73. The summed E-state index contributed by atoms with van der Waals surface area (Å²) in [7, 11) is 0. The van der Waals surface area contributed by atoms with E-state index in [2.05, 4.69) is 0 Å². The fourth-order valence-corrected chi connectivity index (χ4v) is 3.43. The summed E-state index contributed by atoms with van der Waals surface area (Å²) >= 11 is 0. The number of esters is 2. The third-order valence-electron chi connectivity index (χ3n) is 4.73. The topological polar surface area (TPSA) is 80.3 Å². The maximum absolute atomic E-state index is 12.4.